The molecule has 0 spiro atoms. The van der Waals surface area contributed by atoms with Crippen molar-refractivity contribution in [2.75, 3.05) is 6.54 Å². The molecule has 6 nitrogen and oxygen atoms in total. The van der Waals surface area contributed by atoms with Crippen LogP contribution in [0.4, 0.5) is 0 Å². The molecule has 0 bridgehead atoms. The molecular weight excluding hydrogens is 338 g/mol. The third kappa shape index (κ3) is 3.04. The van der Waals surface area contributed by atoms with E-state index in [4.69, 9.17) is 4.98 Å². The fraction of sp³-hybridized carbons (Fsp3) is 0.190. The third-order valence-electron chi connectivity index (χ3n) is 5.11. The number of fused-ring (bicyclic) bond motifs is 2. The van der Waals surface area contributed by atoms with Crippen LogP contribution in [0, 0.1) is 0 Å². The van der Waals surface area contributed by atoms with Gasteiger partial charge in [0, 0.05) is 54.9 Å². The molecule has 3 aromatic heterocycles. The Hall–Kier alpha value is -3.25. The lowest BCUT2D eigenvalue weighted by molar-refractivity contribution is 0.240. The Bertz CT molecular complexity index is 1160. The minimum atomic E-state index is -0.0358. The molecule has 0 radical (unpaired) electrons. The second-order valence-electron chi connectivity index (χ2n) is 6.94. The molecule has 0 atom stereocenters. The minimum absolute atomic E-state index is 0.0358. The van der Waals surface area contributed by atoms with Crippen molar-refractivity contribution in [2.24, 2.45) is 0 Å². The molecule has 2 N–H and O–H groups in total. The molecule has 0 saturated heterocycles. The molecule has 0 aliphatic carbocycles. The summed E-state index contributed by atoms with van der Waals surface area (Å²) < 4.78 is 0. The average Bonchev–Trinajstić information content (AvgIpc) is 3.16. The van der Waals surface area contributed by atoms with Crippen molar-refractivity contribution in [3.63, 3.8) is 0 Å². The van der Waals surface area contributed by atoms with Gasteiger partial charge in [-0.3, -0.25) is 14.7 Å². The van der Waals surface area contributed by atoms with Crippen molar-refractivity contribution < 1.29 is 0 Å². The van der Waals surface area contributed by atoms with Crippen LogP contribution in [0.1, 0.15) is 16.8 Å². The molecule has 27 heavy (non-hydrogen) atoms. The van der Waals surface area contributed by atoms with Crippen LogP contribution < -0.4 is 5.56 Å². The molecule has 0 saturated carbocycles. The highest BCUT2D eigenvalue weighted by Gasteiger charge is 2.21. The summed E-state index contributed by atoms with van der Waals surface area (Å²) in [6.45, 7) is 2.37. The molecule has 134 valence electrons. The molecule has 0 fully saturated rings. The number of hydrogen-bond donors (Lipinski definition) is 2. The lowest BCUT2D eigenvalue weighted by Crippen LogP contribution is -2.35. The zero-order valence-corrected chi connectivity index (χ0v) is 14.8. The molecule has 6 heteroatoms. The number of benzene rings is 1. The van der Waals surface area contributed by atoms with E-state index >= 15 is 0 Å². The summed E-state index contributed by atoms with van der Waals surface area (Å²) in [5, 5.41) is 1.22. The zero-order chi connectivity index (χ0) is 18.2. The standard InChI is InChI=1S/C21H19N5O/c27-21-17-6-9-26(12-14-3-4-15-5-8-23-18(15)10-14)13-19(17)24-20(25-21)16-2-1-7-22-11-16/h1-5,7-8,10-11,23H,6,9,12-13H2,(H,24,25,27). The number of aromatic amines is 2. The van der Waals surface area contributed by atoms with E-state index in [0.717, 1.165) is 41.8 Å². The highest BCUT2D eigenvalue weighted by molar-refractivity contribution is 5.79. The van der Waals surface area contributed by atoms with Crippen LogP contribution in [0.3, 0.4) is 0 Å². The predicted octanol–water partition coefficient (Wildman–Crippen LogP) is 2.87. The van der Waals surface area contributed by atoms with Crippen molar-refractivity contribution in [2.45, 2.75) is 19.5 Å². The third-order valence-corrected chi connectivity index (χ3v) is 5.11. The molecule has 0 amide bonds. The van der Waals surface area contributed by atoms with Gasteiger partial charge in [-0.05, 0) is 41.6 Å². The molecule has 1 aliphatic heterocycles. The van der Waals surface area contributed by atoms with Crippen molar-refractivity contribution in [1.82, 2.24) is 24.8 Å². The minimum Gasteiger partial charge on any atom is -0.361 e. The summed E-state index contributed by atoms with van der Waals surface area (Å²) >= 11 is 0. The van der Waals surface area contributed by atoms with Gasteiger partial charge in [-0.2, -0.15) is 0 Å². The second-order valence-corrected chi connectivity index (χ2v) is 6.94. The van der Waals surface area contributed by atoms with E-state index in [1.54, 1.807) is 12.4 Å². The van der Waals surface area contributed by atoms with Crippen molar-refractivity contribution >= 4 is 10.9 Å². The number of H-pyrrole nitrogens is 2. The number of hydrogen-bond acceptors (Lipinski definition) is 4. The molecule has 4 heterocycles. The van der Waals surface area contributed by atoms with Gasteiger partial charge in [-0.1, -0.05) is 12.1 Å². The highest BCUT2D eigenvalue weighted by atomic mass is 16.1. The van der Waals surface area contributed by atoms with Crippen molar-refractivity contribution in [3.05, 3.63) is 82.2 Å². The maximum Gasteiger partial charge on any atom is 0.254 e. The first-order valence-electron chi connectivity index (χ1n) is 9.07. The van der Waals surface area contributed by atoms with Gasteiger partial charge >= 0.3 is 0 Å². The summed E-state index contributed by atoms with van der Waals surface area (Å²) in [7, 11) is 0. The summed E-state index contributed by atoms with van der Waals surface area (Å²) in [6, 6.07) is 12.3. The molecule has 5 rings (SSSR count). The predicted molar refractivity (Wildman–Crippen MR) is 104 cm³/mol. The summed E-state index contributed by atoms with van der Waals surface area (Å²) in [5.74, 6) is 0.585. The van der Waals surface area contributed by atoms with Crippen LogP contribution in [-0.4, -0.2) is 31.4 Å². The number of rotatable bonds is 3. The quantitative estimate of drug-likeness (QED) is 0.591. The molecule has 4 aromatic rings. The Balaban J connectivity index is 1.42. The smallest absolute Gasteiger partial charge is 0.254 e. The number of pyridine rings is 1. The Morgan fingerprint density at radius 1 is 1.19 bits per heavy atom. The van der Waals surface area contributed by atoms with Gasteiger partial charge in [0.05, 0.1) is 5.69 Å². The number of nitrogens with one attached hydrogen (secondary N) is 2. The first-order chi connectivity index (χ1) is 13.3. The Labute approximate surface area is 155 Å². The SMILES string of the molecule is O=c1[nH]c(-c2cccnc2)nc2c1CCN(Cc1ccc3cc[nH]c3c1)C2. The first kappa shape index (κ1) is 16.0. The molecule has 1 aromatic carbocycles. The van der Waals surface area contributed by atoms with Gasteiger partial charge in [-0.25, -0.2) is 4.98 Å². The van der Waals surface area contributed by atoms with Gasteiger partial charge in [0.25, 0.3) is 5.56 Å². The number of aromatic nitrogens is 4. The van der Waals surface area contributed by atoms with Crippen LogP contribution in [0.15, 0.2) is 59.8 Å². The monoisotopic (exact) mass is 357 g/mol. The maximum absolute atomic E-state index is 12.5. The lowest BCUT2D eigenvalue weighted by atomic mass is 10.0. The Morgan fingerprint density at radius 3 is 3.04 bits per heavy atom. The van der Waals surface area contributed by atoms with E-state index in [0.29, 0.717) is 12.4 Å². The van der Waals surface area contributed by atoms with Crippen LogP contribution in [0.5, 0.6) is 0 Å². The molecule has 1 aliphatic rings. The summed E-state index contributed by atoms with van der Waals surface area (Å²) in [5.41, 5.74) is 4.87. The van der Waals surface area contributed by atoms with E-state index in [1.165, 1.54) is 10.9 Å². The van der Waals surface area contributed by atoms with Crippen LogP contribution in [0.25, 0.3) is 22.3 Å². The van der Waals surface area contributed by atoms with E-state index in [9.17, 15) is 4.79 Å². The van der Waals surface area contributed by atoms with Gasteiger partial charge in [0.1, 0.15) is 5.82 Å². The lowest BCUT2D eigenvalue weighted by Gasteiger charge is -2.27. The zero-order valence-electron chi connectivity index (χ0n) is 14.8. The second kappa shape index (κ2) is 6.48. The van der Waals surface area contributed by atoms with Crippen LogP contribution in [-0.2, 0) is 19.5 Å². The molecular formula is C21H19N5O. The Morgan fingerprint density at radius 2 is 2.15 bits per heavy atom. The normalized spacial score (nSPS) is 14.4. The fourth-order valence-electron chi connectivity index (χ4n) is 3.72. The van der Waals surface area contributed by atoms with E-state index in [-0.39, 0.29) is 5.56 Å². The van der Waals surface area contributed by atoms with Crippen LogP contribution >= 0.6 is 0 Å². The van der Waals surface area contributed by atoms with E-state index in [2.05, 4.69) is 44.1 Å². The van der Waals surface area contributed by atoms with Gasteiger partial charge in [-0.15, -0.1) is 0 Å². The number of nitrogens with zero attached hydrogens (tertiary/aromatic N) is 3. The fourth-order valence-corrected chi connectivity index (χ4v) is 3.72. The summed E-state index contributed by atoms with van der Waals surface area (Å²) in [4.78, 5) is 29.9. The first-order valence-corrected chi connectivity index (χ1v) is 9.07. The topological polar surface area (TPSA) is 77.7 Å². The van der Waals surface area contributed by atoms with Gasteiger partial charge in [0.15, 0.2) is 0 Å². The van der Waals surface area contributed by atoms with Gasteiger partial charge in [0.2, 0.25) is 0 Å². The summed E-state index contributed by atoms with van der Waals surface area (Å²) in [6.07, 6.45) is 6.11. The van der Waals surface area contributed by atoms with Crippen LogP contribution in [0.2, 0.25) is 0 Å². The largest absolute Gasteiger partial charge is 0.361 e. The van der Waals surface area contributed by atoms with E-state index < -0.39 is 0 Å². The average molecular weight is 357 g/mol. The highest BCUT2D eigenvalue weighted by Crippen LogP contribution is 2.21. The Kier molecular flexibility index (Phi) is 3.83. The van der Waals surface area contributed by atoms with E-state index in [1.807, 2.05) is 18.3 Å². The van der Waals surface area contributed by atoms with Gasteiger partial charge < -0.3 is 9.97 Å². The molecule has 0 unspecified atom stereocenters. The van der Waals surface area contributed by atoms with Crippen molar-refractivity contribution in [3.8, 4) is 11.4 Å². The maximum atomic E-state index is 12.5. The van der Waals surface area contributed by atoms with Crippen molar-refractivity contribution in [1.29, 1.82) is 0 Å².